The summed E-state index contributed by atoms with van der Waals surface area (Å²) >= 11 is 3.49. The Morgan fingerprint density at radius 3 is 1.97 bits per heavy atom. The van der Waals surface area contributed by atoms with E-state index in [1.165, 1.54) is 32.6 Å². The first-order valence-electron chi connectivity index (χ1n) is 10.6. The average molecular weight is 460 g/mol. The Morgan fingerprint density at radius 1 is 0.968 bits per heavy atom. The molecule has 3 aromatic rings. The van der Waals surface area contributed by atoms with Crippen molar-refractivity contribution in [3.8, 4) is 0 Å². The number of aromatic nitrogens is 1. The maximum atomic E-state index is 10.9. The van der Waals surface area contributed by atoms with Crippen LogP contribution in [0.3, 0.4) is 0 Å². The molecule has 0 unspecified atom stereocenters. The largest absolute Gasteiger partial charge is 0.350 e. The fourth-order valence-corrected chi connectivity index (χ4v) is 4.16. The number of ketones is 1. The summed E-state index contributed by atoms with van der Waals surface area (Å²) in [5.74, 6) is 2.30. The zero-order chi connectivity index (χ0) is 22.5. The van der Waals surface area contributed by atoms with Gasteiger partial charge < -0.3 is 4.98 Å². The number of H-pyrrole nitrogens is 1. The van der Waals surface area contributed by atoms with Crippen molar-refractivity contribution in [2.45, 2.75) is 60.4 Å². The van der Waals surface area contributed by atoms with Crippen LogP contribution in [0.15, 0.2) is 53.6 Å². The summed E-state index contributed by atoms with van der Waals surface area (Å²) in [6.07, 6.45) is 3.21. The molecule has 172 valence electrons. The molecule has 3 rings (SSSR count). The molecule has 0 aliphatic carbocycles. The minimum Gasteiger partial charge on any atom is -0.350 e. The van der Waals surface area contributed by atoms with Crippen LogP contribution in [-0.4, -0.2) is 28.5 Å². The Kier molecular flexibility index (Phi) is 15.2. The second-order valence-electron chi connectivity index (χ2n) is 7.45. The van der Waals surface area contributed by atoms with Gasteiger partial charge in [0, 0.05) is 16.8 Å². The Hall–Kier alpha value is -1.65. The maximum Gasteiger partial charge on any atom is 0.145 e. The zero-order valence-corrected chi connectivity index (χ0v) is 21.2. The lowest BCUT2D eigenvalue weighted by Crippen LogP contribution is -2.09. The van der Waals surface area contributed by atoms with E-state index in [-0.39, 0.29) is 13.3 Å². The third kappa shape index (κ3) is 10.5. The minimum atomic E-state index is 0. The molecular formula is C27H41NOS2. The summed E-state index contributed by atoms with van der Waals surface area (Å²) in [6, 6.07) is 17.0. The van der Waals surface area contributed by atoms with E-state index in [9.17, 15) is 4.79 Å². The highest BCUT2D eigenvalue weighted by Gasteiger charge is 2.07. The summed E-state index contributed by atoms with van der Waals surface area (Å²) in [5.41, 5.74) is 5.36. The van der Waals surface area contributed by atoms with Gasteiger partial charge >= 0.3 is 0 Å². The van der Waals surface area contributed by atoms with Crippen molar-refractivity contribution in [1.82, 2.24) is 4.98 Å². The highest BCUT2D eigenvalue weighted by Crippen LogP contribution is 2.28. The molecule has 1 heterocycles. The van der Waals surface area contributed by atoms with Gasteiger partial charge in [-0.1, -0.05) is 88.7 Å². The van der Waals surface area contributed by atoms with Crippen molar-refractivity contribution in [3.63, 3.8) is 0 Å². The van der Waals surface area contributed by atoms with Gasteiger partial charge in [0.2, 0.25) is 0 Å². The number of benzene rings is 2. The van der Waals surface area contributed by atoms with Gasteiger partial charge in [0.15, 0.2) is 0 Å². The number of aromatic amines is 1. The lowest BCUT2D eigenvalue weighted by molar-refractivity contribution is -0.119. The molecule has 0 fully saturated rings. The number of rotatable bonds is 6. The van der Waals surface area contributed by atoms with Gasteiger partial charge in [-0.05, 0) is 43.9 Å². The van der Waals surface area contributed by atoms with E-state index in [1.54, 1.807) is 23.5 Å². The molecular weight excluding hydrogens is 418 g/mol. The van der Waals surface area contributed by atoms with Crippen LogP contribution in [0, 0.1) is 19.8 Å². The Labute approximate surface area is 199 Å². The summed E-state index contributed by atoms with van der Waals surface area (Å²) in [6.45, 7) is 12.4. The molecule has 4 heteroatoms. The van der Waals surface area contributed by atoms with Gasteiger partial charge in [-0.2, -0.15) is 11.8 Å². The summed E-state index contributed by atoms with van der Waals surface area (Å²) in [4.78, 5) is 14.3. The van der Waals surface area contributed by atoms with Crippen molar-refractivity contribution in [3.05, 3.63) is 65.2 Å². The first-order chi connectivity index (χ1) is 14.3. The number of carbonyl (C=O) groups excluding carboxylic acids is 1. The van der Waals surface area contributed by atoms with E-state index in [1.807, 2.05) is 13.8 Å². The first kappa shape index (κ1) is 29.4. The Bertz CT molecular complexity index is 861. The molecule has 0 radical (unpaired) electrons. The molecule has 0 spiro atoms. The van der Waals surface area contributed by atoms with Gasteiger partial charge in [0.1, 0.15) is 5.78 Å². The molecule has 0 amide bonds. The molecule has 2 nitrogen and oxygen atoms in total. The van der Waals surface area contributed by atoms with Crippen LogP contribution in [0.4, 0.5) is 0 Å². The number of para-hydroxylation sites is 1. The number of hydrogen-bond donors (Lipinski definition) is 1. The minimum absolute atomic E-state index is 0. The average Bonchev–Trinajstić information content (AvgIpc) is 3.12. The number of carbonyl (C=O) groups is 1. The SMILES string of the molecule is C.CCSCC(=O)C(C)C.CCc1c(SC)[nH]c2ccccc12.Cc1ccc(C)cc1. The van der Waals surface area contributed by atoms with Crippen LogP contribution in [-0.2, 0) is 11.2 Å². The van der Waals surface area contributed by atoms with Crippen molar-refractivity contribution in [1.29, 1.82) is 0 Å². The second-order valence-corrected chi connectivity index (χ2v) is 9.54. The quantitative estimate of drug-likeness (QED) is 0.376. The predicted molar refractivity (Wildman–Crippen MR) is 145 cm³/mol. The second kappa shape index (κ2) is 16.0. The number of nitrogens with one attached hydrogen (secondary N) is 1. The fourth-order valence-electron chi connectivity index (χ4n) is 2.71. The van der Waals surface area contributed by atoms with E-state index in [0.29, 0.717) is 11.5 Å². The van der Waals surface area contributed by atoms with Gasteiger partial charge in [0.25, 0.3) is 0 Å². The third-order valence-electron chi connectivity index (χ3n) is 4.64. The van der Waals surface area contributed by atoms with Gasteiger partial charge in [-0.25, -0.2) is 0 Å². The van der Waals surface area contributed by atoms with Gasteiger partial charge in [-0.3, -0.25) is 4.79 Å². The predicted octanol–water partition coefficient (Wildman–Crippen LogP) is 8.36. The highest BCUT2D eigenvalue weighted by atomic mass is 32.2. The number of thioether (sulfide) groups is 2. The number of fused-ring (bicyclic) bond motifs is 1. The Balaban J connectivity index is 0.000000447. The van der Waals surface area contributed by atoms with Crippen molar-refractivity contribution in [2.75, 3.05) is 17.8 Å². The molecule has 2 aromatic carbocycles. The van der Waals surface area contributed by atoms with Crippen LogP contribution in [0.25, 0.3) is 10.9 Å². The molecule has 31 heavy (non-hydrogen) atoms. The number of hydrogen-bond acceptors (Lipinski definition) is 3. The first-order valence-corrected chi connectivity index (χ1v) is 13.0. The lowest BCUT2D eigenvalue weighted by atomic mass is 10.1. The normalized spacial score (nSPS) is 9.94. The molecule has 0 bridgehead atoms. The van der Waals surface area contributed by atoms with Crippen LogP contribution in [0.5, 0.6) is 0 Å². The molecule has 0 saturated heterocycles. The van der Waals surface area contributed by atoms with E-state index >= 15 is 0 Å². The topological polar surface area (TPSA) is 32.9 Å². The summed E-state index contributed by atoms with van der Waals surface area (Å²) in [5, 5.41) is 2.68. The molecule has 1 aromatic heterocycles. The third-order valence-corrected chi connectivity index (χ3v) is 6.30. The van der Waals surface area contributed by atoms with Gasteiger partial charge in [0.05, 0.1) is 10.8 Å². The number of aryl methyl sites for hydroxylation is 3. The molecule has 0 saturated carbocycles. The molecule has 1 N–H and O–H groups in total. The van der Waals surface area contributed by atoms with E-state index < -0.39 is 0 Å². The fraction of sp³-hybridized carbons (Fsp3) is 0.444. The smallest absolute Gasteiger partial charge is 0.145 e. The van der Waals surface area contributed by atoms with Crippen molar-refractivity contribution in [2.24, 2.45) is 5.92 Å². The Morgan fingerprint density at radius 2 is 1.52 bits per heavy atom. The van der Waals surface area contributed by atoms with Crippen LogP contribution in [0.2, 0.25) is 0 Å². The lowest BCUT2D eigenvalue weighted by Gasteiger charge is -2.00. The summed E-state index contributed by atoms with van der Waals surface area (Å²) in [7, 11) is 0. The van der Waals surface area contributed by atoms with Gasteiger partial charge in [-0.15, -0.1) is 11.8 Å². The van der Waals surface area contributed by atoms with Crippen molar-refractivity contribution >= 4 is 40.2 Å². The number of Topliss-reactive ketones (excluding diaryl/α,β-unsaturated/α-hetero) is 1. The highest BCUT2D eigenvalue weighted by molar-refractivity contribution is 7.99. The van der Waals surface area contributed by atoms with E-state index in [0.717, 1.165) is 12.2 Å². The van der Waals surface area contributed by atoms with E-state index in [4.69, 9.17) is 0 Å². The van der Waals surface area contributed by atoms with Crippen LogP contribution >= 0.6 is 23.5 Å². The summed E-state index contributed by atoms with van der Waals surface area (Å²) < 4.78 is 0. The van der Waals surface area contributed by atoms with Crippen LogP contribution < -0.4 is 0 Å². The standard InChI is InChI=1S/C11H13NS.C8H10.C7H14OS.CH4/c1-3-8-9-6-4-5-7-10(9)12-11(8)13-2;1-7-3-5-8(2)6-4-7;1-4-9-5-7(8)6(2)3;/h4-7,12H,3H2,1-2H3;3-6H,1-2H3;6H,4-5H2,1-3H3;1H4. The van der Waals surface area contributed by atoms with Crippen LogP contribution in [0.1, 0.15) is 51.8 Å². The molecule has 0 aliphatic heterocycles. The maximum absolute atomic E-state index is 10.9. The van der Waals surface area contributed by atoms with E-state index in [2.05, 4.69) is 87.5 Å². The van der Waals surface area contributed by atoms with Crippen molar-refractivity contribution < 1.29 is 4.79 Å². The molecule has 0 aliphatic rings. The monoisotopic (exact) mass is 459 g/mol. The molecule has 0 atom stereocenters. The zero-order valence-electron chi connectivity index (χ0n) is 19.5.